The van der Waals surface area contributed by atoms with Crippen LogP contribution in [0.3, 0.4) is 0 Å². The van der Waals surface area contributed by atoms with Gasteiger partial charge in [-0.1, -0.05) is 11.3 Å². The highest BCUT2D eigenvalue weighted by atomic mass is 32.1. The monoisotopic (exact) mass is 169 g/mol. The van der Waals surface area contributed by atoms with Gasteiger partial charge in [-0.25, -0.2) is 14.4 Å². The number of halogens is 1. The van der Waals surface area contributed by atoms with Crippen LogP contribution in [0.1, 0.15) is 0 Å². The van der Waals surface area contributed by atoms with Gasteiger partial charge in [0.15, 0.2) is 10.8 Å². The van der Waals surface area contributed by atoms with Crippen LogP contribution in [0, 0.1) is 5.82 Å². The van der Waals surface area contributed by atoms with Crippen LogP contribution in [0.25, 0.3) is 10.3 Å². The zero-order chi connectivity index (χ0) is 7.84. The second kappa shape index (κ2) is 2.13. The number of thiazole rings is 1. The first-order valence-electron chi connectivity index (χ1n) is 2.93. The lowest BCUT2D eigenvalue weighted by molar-refractivity contribution is 0.624. The molecule has 0 saturated heterocycles. The molecule has 0 radical (unpaired) electrons. The molecule has 0 saturated carbocycles. The molecule has 2 heterocycles. The van der Waals surface area contributed by atoms with Gasteiger partial charge in [0, 0.05) is 0 Å². The maximum atomic E-state index is 12.5. The number of nitrogens with two attached hydrogens (primary N) is 1. The van der Waals surface area contributed by atoms with Gasteiger partial charge in [0.25, 0.3) is 0 Å². The summed E-state index contributed by atoms with van der Waals surface area (Å²) in [7, 11) is 0. The number of fused-ring (bicyclic) bond motifs is 1. The van der Waals surface area contributed by atoms with Crippen LogP contribution in [0.2, 0.25) is 0 Å². The molecule has 2 aromatic heterocycles. The van der Waals surface area contributed by atoms with Gasteiger partial charge in [-0.2, -0.15) is 0 Å². The van der Waals surface area contributed by atoms with Gasteiger partial charge < -0.3 is 5.73 Å². The summed E-state index contributed by atoms with van der Waals surface area (Å²) in [6, 6.07) is 1.37. The molecule has 0 unspecified atom stereocenters. The van der Waals surface area contributed by atoms with Crippen LogP contribution < -0.4 is 5.73 Å². The Kier molecular flexibility index (Phi) is 1.25. The lowest BCUT2D eigenvalue weighted by Crippen LogP contribution is -1.81. The molecule has 2 N–H and O–H groups in total. The Morgan fingerprint density at radius 2 is 2.36 bits per heavy atom. The Balaban J connectivity index is 2.82. The maximum absolute atomic E-state index is 12.5. The standard InChI is InChI=1S/C6H4FN3S/c7-3-1-4-5(9-2-3)10-6(8)11-4/h1-2H,(H2,8,9,10). The van der Waals surface area contributed by atoms with Gasteiger partial charge in [0.05, 0.1) is 10.9 Å². The molecule has 0 atom stereocenters. The van der Waals surface area contributed by atoms with Crippen molar-refractivity contribution in [2.24, 2.45) is 0 Å². The number of nitrogens with zero attached hydrogens (tertiary/aromatic N) is 2. The number of hydrogen-bond acceptors (Lipinski definition) is 4. The molecule has 0 aliphatic carbocycles. The summed E-state index contributed by atoms with van der Waals surface area (Å²) < 4.78 is 13.2. The van der Waals surface area contributed by atoms with E-state index in [0.29, 0.717) is 15.5 Å². The second-order valence-electron chi connectivity index (χ2n) is 2.03. The van der Waals surface area contributed by atoms with Crippen molar-refractivity contribution in [1.29, 1.82) is 0 Å². The van der Waals surface area contributed by atoms with Crippen molar-refractivity contribution < 1.29 is 4.39 Å². The Morgan fingerprint density at radius 1 is 1.55 bits per heavy atom. The van der Waals surface area contributed by atoms with Crippen molar-refractivity contribution in [2.45, 2.75) is 0 Å². The van der Waals surface area contributed by atoms with Crippen LogP contribution in [0.15, 0.2) is 12.3 Å². The molecule has 2 rings (SSSR count). The first kappa shape index (κ1) is 6.48. The molecule has 5 heteroatoms. The topological polar surface area (TPSA) is 51.8 Å². The zero-order valence-corrected chi connectivity index (χ0v) is 6.23. The van der Waals surface area contributed by atoms with E-state index in [9.17, 15) is 4.39 Å². The molecule has 3 nitrogen and oxygen atoms in total. The predicted molar refractivity (Wildman–Crippen MR) is 41.8 cm³/mol. The Hall–Kier alpha value is -1.23. The molecule has 2 aromatic rings. The third-order valence-electron chi connectivity index (χ3n) is 1.23. The summed E-state index contributed by atoms with van der Waals surface area (Å²) in [6.45, 7) is 0. The molecule has 11 heavy (non-hydrogen) atoms. The zero-order valence-electron chi connectivity index (χ0n) is 5.41. The first-order valence-corrected chi connectivity index (χ1v) is 3.75. The predicted octanol–water partition coefficient (Wildman–Crippen LogP) is 1.41. The van der Waals surface area contributed by atoms with Crippen molar-refractivity contribution in [1.82, 2.24) is 9.97 Å². The molecular weight excluding hydrogens is 165 g/mol. The van der Waals surface area contributed by atoms with Crippen molar-refractivity contribution in [2.75, 3.05) is 5.73 Å². The van der Waals surface area contributed by atoms with Crippen molar-refractivity contribution in [3.05, 3.63) is 18.1 Å². The van der Waals surface area contributed by atoms with E-state index < -0.39 is 0 Å². The number of anilines is 1. The number of hydrogen-bond donors (Lipinski definition) is 1. The molecule has 0 fully saturated rings. The molecule has 0 spiro atoms. The molecule has 56 valence electrons. The lowest BCUT2D eigenvalue weighted by atomic mass is 10.5. The number of nitrogen functional groups attached to an aromatic ring is 1. The van der Waals surface area contributed by atoms with Gasteiger partial charge in [0.2, 0.25) is 0 Å². The molecule has 0 aliphatic rings. The number of aromatic nitrogens is 2. The first-order chi connectivity index (χ1) is 5.25. The van der Waals surface area contributed by atoms with Crippen LogP contribution in [-0.4, -0.2) is 9.97 Å². The molecule has 0 amide bonds. The summed E-state index contributed by atoms with van der Waals surface area (Å²) in [5, 5.41) is 0.415. The van der Waals surface area contributed by atoms with Gasteiger partial charge in [-0.15, -0.1) is 0 Å². The van der Waals surface area contributed by atoms with E-state index in [4.69, 9.17) is 5.73 Å². The van der Waals surface area contributed by atoms with Crippen molar-refractivity contribution in [3.8, 4) is 0 Å². The molecule has 0 aromatic carbocycles. The van der Waals surface area contributed by atoms with Crippen molar-refractivity contribution >= 4 is 26.8 Å². The highest BCUT2D eigenvalue weighted by molar-refractivity contribution is 7.21. The third-order valence-corrected chi connectivity index (χ3v) is 2.05. The fourth-order valence-corrected chi connectivity index (χ4v) is 1.53. The Morgan fingerprint density at radius 3 is 3.18 bits per heavy atom. The second-order valence-corrected chi connectivity index (χ2v) is 3.09. The fraction of sp³-hybridized carbons (Fsp3) is 0. The van der Waals surface area contributed by atoms with E-state index in [1.165, 1.54) is 17.4 Å². The fourth-order valence-electron chi connectivity index (χ4n) is 0.812. The number of pyridine rings is 1. The van der Waals surface area contributed by atoms with Crippen LogP contribution in [0.5, 0.6) is 0 Å². The van der Waals surface area contributed by atoms with Gasteiger partial charge in [-0.3, -0.25) is 0 Å². The lowest BCUT2D eigenvalue weighted by Gasteiger charge is -1.84. The average molecular weight is 169 g/mol. The minimum Gasteiger partial charge on any atom is -0.375 e. The van der Waals surface area contributed by atoms with E-state index in [0.717, 1.165) is 6.20 Å². The summed E-state index contributed by atoms with van der Waals surface area (Å²) in [4.78, 5) is 7.62. The summed E-state index contributed by atoms with van der Waals surface area (Å²) in [5.74, 6) is -0.360. The van der Waals surface area contributed by atoms with Gasteiger partial charge >= 0.3 is 0 Å². The van der Waals surface area contributed by atoms with Crippen LogP contribution in [0.4, 0.5) is 9.52 Å². The molecule has 0 aliphatic heterocycles. The minimum absolute atomic E-state index is 0.360. The van der Waals surface area contributed by atoms with Crippen LogP contribution in [-0.2, 0) is 0 Å². The van der Waals surface area contributed by atoms with E-state index >= 15 is 0 Å². The van der Waals surface area contributed by atoms with E-state index in [2.05, 4.69) is 9.97 Å². The minimum atomic E-state index is -0.360. The highest BCUT2D eigenvalue weighted by Crippen LogP contribution is 2.21. The number of rotatable bonds is 0. The van der Waals surface area contributed by atoms with E-state index in [1.807, 2.05) is 0 Å². The third kappa shape index (κ3) is 1.03. The average Bonchev–Trinajstić information content (AvgIpc) is 2.27. The summed E-state index contributed by atoms with van der Waals surface area (Å²) in [6.07, 6.45) is 1.13. The van der Waals surface area contributed by atoms with E-state index in [-0.39, 0.29) is 5.82 Å². The SMILES string of the molecule is Nc1nc2ncc(F)cc2s1. The summed E-state index contributed by atoms with van der Waals surface area (Å²) >= 11 is 1.23. The molecule has 0 bridgehead atoms. The molecular formula is C6H4FN3S. The Labute approximate surface area is 65.7 Å². The Bertz CT molecular complexity index is 398. The van der Waals surface area contributed by atoms with Crippen LogP contribution >= 0.6 is 11.3 Å². The maximum Gasteiger partial charge on any atom is 0.182 e. The smallest absolute Gasteiger partial charge is 0.182 e. The van der Waals surface area contributed by atoms with E-state index in [1.54, 1.807) is 0 Å². The van der Waals surface area contributed by atoms with Crippen molar-refractivity contribution in [3.63, 3.8) is 0 Å². The largest absolute Gasteiger partial charge is 0.375 e. The normalized spacial score (nSPS) is 10.6. The highest BCUT2D eigenvalue weighted by Gasteiger charge is 2.01. The quantitative estimate of drug-likeness (QED) is 0.648. The summed E-state index contributed by atoms with van der Waals surface area (Å²) in [5.41, 5.74) is 5.89. The van der Waals surface area contributed by atoms with Gasteiger partial charge in [0.1, 0.15) is 5.82 Å². The van der Waals surface area contributed by atoms with Gasteiger partial charge in [-0.05, 0) is 6.07 Å².